The Labute approximate surface area is 74.7 Å². The van der Waals surface area contributed by atoms with Crippen molar-refractivity contribution < 1.29 is 14.4 Å². The molecule has 13 heavy (non-hydrogen) atoms. The van der Waals surface area contributed by atoms with Crippen LogP contribution < -0.4 is 5.32 Å². The number of hydrogen-bond donors (Lipinski definition) is 2. The van der Waals surface area contributed by atoms with Crippen molar-refractivity contribution in [2.45, 2.75) is 25.2 Å². The van der Waals surface area contributed by atoms with E-state index in [1.165, 1.54) is 0 Å². The number of carbonyl (C=O) groups is 1. The molecule has 0 aromatic carbocycles. The lowest BCUT2D eigenvalue weighted by Crippen LogP contribution is -2.07. The Balaban J connectivity index is 2.14. The van der Waals surface area contributed by atoms with Gasteiger partial charge in [0, 0.05) is 11.5 Å². The van der Waals surface area contributed by atoms with E-state index in [0.717, 1.165) is 18.6 Å². The van der Waals surface area contributed by atoms with Crippen LogP contribution in [0.1, 0.15) is 25.5 Å². The summed E-state index contributed by atoms with van der Waals surface area (Å²) in [7, 11) is 0. The standard InChI is InChI=1S/C8H10N2O3/c1-8(2-3-8)5-4-6(10-13-5)9-7(11)12/h4H,2-3H2,1H3,(H,9,10)(H,11,12). The molecule has 0 saturated heterocycles. The van der Waals surface area contributed by atoms with Crippen molar-refractivity contribution >= 4 is 11.9 Å². The molecule has 1 fully saturated rings. The summed E-state index contributed by atoms with van der Waals surface area (Å²) in [4.78, 5) is 10.3. The van der Waals surface area contributed by atoms with Crippen LogP contribution in [0.3, 0.4) is 0 Å². The van der Waals surface area contributed by atoms with Crippen LogP contribution in [0.15, 0.2) is 10.6 Å². The Morgan fingerprint density at radius 2 is 2.46 bits per heavy atom. The van der Waals surface area contributed by atoms with Gasteiger partial charge in [-0.25, -0.2) is 4.79 Å². The first-order valence-corrected chi connectivity index (χ1v) is 4.07. The molecule has 70 valence electrons. The fourth-order valence-electron chi connectivity index (χ4n) is 1.16. The van der Waals surface area contributed by atoms with E-state index in [9.17, 15) is 4.79 Å². The van der Waals surface area contributed by atoms with Gasteiger partial charge < -0.3 is 9.63 Å². The zero-order chi connectivity index (χ0) is 9.47. The van der Waals surface area contributed by atoms with Gasteiger partial charge in [-0.1, -0.05) is 12.1 Å². The molecule has 1 aliphatic rings. The average Bonchev–Trinajstić information content (AvgIpc) is 2.62. The fraction of sp³-hybridized carbons (Fsp3) is 0.500. The van der Waals surface area contributed by atoms with Crippen LogP contribution in [0.25, 0.3) is 0 Å². The molecule has 5 nitrogen and oxygen atoms in total. The predicted molar refractivity (Wildman–Crippen MR) is 44.7 cm³/mol. The zero-order valence-electron chi connectivity index (χ0n) is 7.20. The summed E-state index contributed by atoms with van der Waals surface area (Å²) < 4.78 is 5.02. The number of anilines is 1. The molecule has 1 aliphatic carbocycles. The number of nitrogens with one attached hydrogen (secondary N) is 1. The smallest absolute Gasteiger partial charge is 0.410 e. The molecule has 1 saturated carbocycles. The molecule has 0 atom stereocenters. The van der Waals surface area contributed by atoms with E-state index in [1.54, 1.807) is 6.07 Å². The van der Waals surface area contributed by atoms with Crippen molar-refractivity contribution in [3.05, 3.63) is 11.8 Å². The number of rotatable bonds is 2. The Morgan fingerprint density at radius 1 is 1.77 bits per heavy atom. The lowest BCUT2D eigenvalue weighted by Gasteiger charge is -1.98. The summed E-state index contributed by atoms with van der Waals surface area (Å²) in [5.41, 5.74) is 0.0887. The molecule has 0 radical (unpaired) electrons. The SMILES string of the molecule is CC1(c2cc(NC(=O)O)no2)CC1. The van der Waals surface area contributed by atoms with Crippen LogP contribution in [-0.2, 0) is 5.41 Å². The van der Waals surface area contributed by atoms with Crippen molar-refractivity contribution in [1.82, 2.24) is 5.16 Å². The molecule has 1 aromatic heterocycles. The minimum absolute atomic E-state index is 0.0887. The van der Waals surface area contributed by atoms with E-state index in [2.05, 4.69) is 17.4 Å². The van der Waals surface area contributed by atoms with E-state index in [4.69, 9.17) is 9.63 Å². The molecular formula is C8H10N2O3. The van der Waals surface area contributed by atoms with Gasteiger partial charge in [0.15, 0.2) is 5.82 Å². The van der Waals surface area contributed by atoms with Crippen LogP contribution in [0.5, 0.6) is 0 Å². The van der Waals surface area contributed by atoms with Crippen LogP contribution in [-0.4, -0.2) is 16.4 Å². The Bertz CT molecular complexity index is 341. The van der Waals surface area contributed by atoms with E-state index in [-0.39, 0.29) is 11.2 Å². The molecule has 1 amide bonds. The molecule has 0 spiro atoms. The maximum atomic E-state index is 10.3. The summed E-state index contributed by atoms with van der Waals surface area (Å²) in [6, 6.07) is 1.64. The van der Waals surface area contributed by atoms with Gasteiger partial charge in [-0.15, -0.1) is 0 Å². The van der Waals surface area contributed by atoms with Crippen molar-refractivity contribution in [2.24, 2.45) is 0 Å². The van der Waals surface area contributed by atoms with Gasteiger partial charge in [-0.3, -0.25) is 5.32 Å². The number of nitrogens with zero attached hydrogens (tertiary/aromatic N) is 1. The lowest BCUT2D eigenvalue weighted by atomic mass is 10.1. The van der Waals surface area contributed by atoms with Gasteiger partial charge in [-0.2, -0.15) is 0 Å². The molecule has 0 aliphatic heterocycles. The van der Waals surface area contributed by atoms with Crippen molar-refractivity contribution in [3.63, 3.8) is 0 Å². The van der Waals surface area contributed by atoms with Crippen LogP contribution in [0.4, 0.5) is 10.6 Å². The number of hydrogen-bond acceptors (Lipinski definition) is 3. The first-order valence-electron chi connectivity index (χ1n) is 4.07. The third kappa shape index (κ3) is 1.49. The molecule has 5 heteroatoms. The number of amides is 1. The summed E-state index contributed by atoms with van der Waals surface area (Å²) in [6.07, 6.45) is 1.03. The molecule has 0 bridgehead atoms. The van der Waals surface area contributed by atoms with Gasteiger partial charge in [0.2, 0.25) is 0 Å². The third-order valence-electron chi connectivity index (χ3n) is 2.34. The third-order valence-corrected chi connectivity index (χ3v) is 2.34. The Hall–Kier alpha value is -1.52. The number of aromatic nitrogens is 1. The second kappa shape index (κ2) is 2.48. The van der Waals surface area contributed by atoms with Gasteiger partial charge in [0.25, 0.3) is 0 Å². The largest absolute Gasteiger partial charge is 0.465 e. The highest BCUT2D eigenvalue weighted by Gasteiger charge is 2.42. The minimum atomic E-state index is -1.12. The topological polar surface area (TPSA) is 75.4 Å². The van der Waals surface area contributed by atoms with Crippen LogP contribution in [0, 0.1) is 0 Å². The van der Waals surface area contributed by atoms with Crippen molar-refractivity contribution in [3.8, 4) is 0 Å². The summed E-state index contributed by atoms with van der Waals surface area (Å²) in [5, 5.41) is 14.1. The molecule has 2 rings (SSSR count). The maximum Gasteiger partial charge on any atom is 0.410 e. The first-order chi connectivity index (χ1) is 6.10. The molecule has 0 unspecified atom stereocenters. The minimum Gasteiger partial charge on any atom is -0.465 e. The summed E-state index contributed by atoms with van der Waals surface area (Å²) >= 11 is 0. The van der Waals surface area contributed by atoms with Gasteiger partial charge in [0.1, 0.15) is 5.76 Å². The van der Waals surface area contributed by atoms with E-state index >= 15 is 0 Å². The fourth-order valence-corrected chi connectivity index (χ4v) is 1.16. The quantitative estimate of drug-likeness (QED) is 0.731. The highest BCUT2D eigenvalue weighted by molar-refractivity contribution is 5.81. The molecule has 2 N–H and O–H groups in total. The lowest BCUT2D eigenvalue weighted by molar-refractivity contribution is 0.209. The van der Waals surface area contributed by atoms with Crippen LogP contribution >= 0.6 is 0 Å². The summed E-state index contributed by atoms with van der Waals surface area (Å²) in [5.74, 6) is 1.02. The van der Waals surface area contributed by atoms with E-state index < -0.39 is 6.09 Å². The summed E-state index contributed by atoms with van der Waals surface area (Å²) in [6.45, 7) is 2.07. The van der Waals surface area contributed by atoms with Gasteiger partial charge >= 0.3 is 6.09 Å². The zero-order valence-corrected chi connectivity index (χ0v) is 7.20. The highest BCUT2D eigenvalue weighted by Crippen LogP contribution is 2.47. The number of carboxylic acid groups (broad SMARTS) is 1. The monoisotopic (exact) mass is 182 g/mol. The maximum absolute atomic E-state index is 10.3. The normalized spacial score (nSPS) is 18.2. The average molecular weight is 182 g/mol. The molecule has 1 aromatic rings. The van der Waals surface area contributed by atoms with E-state index in [0.29, 0.717) is 0 Å². The molecular weight excluding hydrogens is 172 g/mol. The Kier molecular flexibility index (Phi) is 1.55. The highest BCUT2D eigenvalue weighted by atomic mass is 16.5. The van der Waals surface area contributed by atoms with Gasteiger partial charge in [0.05, 0.1) is 0 Å². The predicted octanol–water partition coefficient (Wildman–Crippen LogP) is 1.82. The second-order valence-electron chi connectivity index (χ2n) is 3.57. The Morgan fingerprint density at radius 3 is 3.00 bits per heavy atom. The van der Waals surface area contributed by atoms with Crippen LogP contribution in [0.2, 0.25) is 0 Å². The van der Waals surface area contributed by atoms with Gasteiger partial charge in [-0.05, 0) is 12.8 Å². The second-order valence-corrected chi connectivity index (χ2v) is 3.57. The first kappa shape index (κ1) is 8.10. The molecule has 1 heterocycles. The van der Waals surface area contributed by atoms with E-state index in [1.807, 2.05) is 0 Å². The van der Waals surface area contributed by atoms with Crippen molar-refractivity contribution in [1.29, 1.82) is 0 Å². The van der Waals surface area contributed by atoms with Crippen molar-refractivity contribution in [2.75, 3.05) is 5.32 Å².